The molecule has 0 spiro atoms. The van der Waals surface area contributed by atoms with Gasteiger partial charge in [-0.15, -0.1) is 0 Å². The minimum atomic E-state index is -0.204. The van der Waals surface area contributed by atoms with Crippen molar-refractivity contribution >= 4 is 11.8 Å². The number of amides is 2. The molecule has 0 unspecified atom stereocenters. The molecular formula is C36H68N2O2. The molecule has 0 aromatic carbocycles. The predicted molar refractivity (Wildman–Crippen MR) is 175 cm³/mol. The predicted octanol–water partition coefficient (Wildman–Crippen LogP) is 11.0. The van der Waals surface area contributed by atoms with Crippen molar-refractivity contribution in [3.8, 4) is 0 Å². The number of carbonyl (C=O) groups excluding carboxylic acids is 2. The summed E-state index contributed by atoms with van der Waals surface area (Å²) < 4.78 is 0. The first-order valence-corrected chi connectivity index (χ1v) is 17.5. The average molecular weight is 561 g/mol. The smallest absolute Gasteiger partial charge is 0.247 e. The van der Waals surface area contributed by atoms with Gasteiger partial charge in [0.05, 0.1) is 0 Å². The van der Waals surface area contributed by atoms with E-state index in [1.807, 2.05) is 0 Å². The van der Waals surface area contributed by atoms with Crippen LogP contribution < -0.4 is 11.1 Å². The van der Waals surface area contributed by atoms with E-state index in [0.717, 1.165) is 57.1 Å². The topological polar surface area (TPSA) is 72.2 Å². The van der Waals surface area contributed by atoms with Crippen LogP contribution >= 0.6 is 0 Å². The van der Waals surface area contributed by atoms with E-state index in [2.05, 4.69) is 31.3 Å². The van der Waals surface area contributed by atoms with E-state index in [9.17, 15) is 9.59 Å². The van der Waals surface area contributed by atoms with Crippen LogP contribution in [0, 0.1) is 0 Å². The van der Waals surface area contributed by atoms with Crippen LogP contribution in [0.2, 0.25) is 0 Å². The van der Waals surface area contributed by atoms with Crippen molar-refractivity contribution in [2.75, 3.05) is 0 Å². The molecule has 0 aliphatic carbocycles. The summed E-state index contributed by atoms with van der Waals surface area (Å²) in [6, 6.07) is 0. The Kier molecular flexibility index (Phi) is 30.7. The molecule has 3 N–H and O–H groups in total. The molecule has 0 atom stereocenters. The van der Waals surface area contributed by atoms with Gasteiger partial charge in [-0.3, -0.25) is 9.59 Å². The summed E-state index contributed by atoms with van der Waals surface area (Å²) in [5.74, 6) is -0.185. The van der Waals surface area contributed by atoms with E-state index in [4.69, 9.17) is 5.73 Å². The highest BCUT2D eigenvalue weighted by molar-refractivity contribution is 5.88. The first kappa shape index (κ1) is 38.4. The van der Waals surface area contributed by atoms with Crippen molar-refractivity contribution in [2.24, 2.45) is 5.73 Å². The van der Waals surface area contributed by atoms with Gasteiger partial charge in [0.2, 0.25) is 11.8 Å². The Labute approximate surface area is 249 Å². The van der Waals surface area contributed by atoms with Gasteiger partial charge in [0.1, 0.15) is 0 Å². The van der Waals surface area contributed by atoms with Gasteiger partial charge in [-0.1, -0.05) is 154 Å². The molecule has 4 heteroatoms. The van der Waals surface area contributed by atoms with Crippen LogP contribution in [0.4, 0.5) is 0 Å². The zero-order valence-corrected chi connectivity index (χ0v) is 26.9. The number of unbranched alkanes of at least 4 members (excludes halogenated alkanes) is 23. The number of nitrogens with two attached hydrogens (primary N) is 1. The van der Waals surface area contributed by atoms with E-state index in [1.165, 1.54) is 122 Å². The lowest BCUT2D eigenvalue weighted by atomic mass is 10.0. The van der Waals surface area contributed by atoms with E-state index < -0.39 is 0 Å². The fraction of sp³-hybridized carbons (Fsp3) is 0.833. The van der Waals surface area contributed by atoms with E-state index >= 15 is 0 Å². The van der Waals surface area contributed by atoms with Crippen LogP contribution in [0.1, 0.15) is 194 Å². The van der Waals surface area contributed by atoms with Crippen molar-refractivity contribution in [1.82, 2.24) is 5.32 Å². The largest absolute Gasteiger partial charge is 0.370 e. The zero-order chi connectivity index (χ0) is 29.4. The van der Waals surface area contributed by atoms with Gasteiger partial charge in [0.25, 0.3) is 0 Å². The van der Waals surface area contributed by atoms with E-state index in [1.54, 1.807) is 6.08 Å². The molecule has 0 radical (unpaired) electrons. The maximum atomic E-state index is 12.5. The van der Waals surface area contributed by atoms with Crippen molar-refractivity contribution in [3.05, 3.63) is 23.9 Å². The fourth-order valence-electron chi connectivity index (χ4n) is 5.23. The Balaban J connectivity index is 4.06. The lowest BCUT2D eigenvalue weighted by Gasteiger charge is -2.09. The van der Waals surface area contributed by atoms with E-state index in [0.29, 0.717) is 6.42 Å². The Morgan fingerprint density at radius 3 is 1.40 bits per heavy atom. The van der Waals surface area contributed by atoms with Gasteiger partial charge in [-0.25, -0.2) is 0 Å². The Morgan fingerprint density at radius 1 is 0.525 bits per heavy atom. The highest BCUT2D eigenvalue weighted by Crippen LogP contribution is 2.15. The first-order valence-electron chi connectivity index (χ1n) is 17.5. The molecule has 0 bridgehead atoms. The molecule has 0 heterocycles. The summed E-state index contributed by atoms with van der Waals surface area (Å²) in [4.78, 5) is 23.4. The number of hydrogen-bond donors (Lipinski definition) is 2. The highest BCUT2D eigenvalue weighted by Gasteiger charge is 2.03. The molecule has 0 rings (SSSR count). The number of primary amides is 1. The van der Waals surface area contributed by atoms with Crippen LogP contribution in [-0.4, -0.2) is 11.8 Å². The molecule has 0 aliphatic heterocycles. The number of carbonyl (C=O) groups is 2. The van der Waals surface area contributed by atoms with Crippen LogP contribution in [0.25, 0.3) is 0 Å². The van der Waals surface area contributed by atoms with Gasteiger partial charge < -0.3 is 11.1 Å². The quantitative estimate of drug-likeness (QED) is 0.0653. The third kappa shape index (κ3) is 31.0. The average Bonchev–Trinajstić information content (AvgIpc) is 2.93. The fourth-order valence-corrected chi connectivity index (χ4v) is 5.23. The second-order valence-electron chi connectivity index (χ2n) is 11.9. The summed E-state index contributed by atoms with van der Waals surface area (Å²) in [5.41, 5.74) is 6.31. The highest BCUT2D eigenvalue weighted by atomic mass is 16.1. The monoisotopic (exact) mass is 561 g/mol. The number of allylic oxidation sites excluding steroid dienone is 3. The van der Waals surface area contributed by atoms with Gasteiger partial charge >= 0.3 is 0 Å². The van der Waals surface area contributed by atoms with Crippen molar-refractivity contribution in [1.29, 1.82) is 0 Å². The molecule has 2 amide bonds. The first-order chi connectivity index (χ1) is 19.6. The summed E-state index contributed by atoms with van der Waals surface area (Å²) in [5, 5.41) is 3.17. The maximum absolute atomic E-state index is 12.5. The van der Waals surface area contributed by atoms with Gasteiger partial charge in [-0.05, 0) is 51.0 Å². The van der Waals surface area contributed by atoms with Gasteiger partial charge in [-0.2, -0.15) is 0 Å². The molecule has 0 aromatic heterocycles. The normalized spacial score (nSPS) is 11.9. The maximum Gasteiger partial charge on any atom is 0.247 e. The van der Waals surface area contributed by atoms with Crippen LogP contribution in [0.3, 0.4) is 0 Å². The number of rotatable bonds is 31. The van der Waals surface area contributed by atoms with Crippen LogP contribution in [0.15, 0.2) is 23.9 Å². The standard InChI is InChI=1S/C36H68N2O2/c1-3-5-7-9-11-12-13-14-15-16-17-18-20-25-29-33-36(40)38-34(30-26-22-19-10-8-6-4-2)31-27-23-21-24-28-32-35(37)39/h29-30,33H,3-28,31-32H2,1-2H3,(H2,37,39)(H,38,40)/b33-29?,34-30-. The third-order valence-corrected chi connectivity index (χ3v) is 7.85. The molecule has 0 saturated carbocycles. The Morgan fingerprint density at radius 2 is 0.925 bits per heavy atom. The summed E-state index contributed by atoms with van der Waals surface area (Å²) in [6.45, 7) is 4.53. The van der Waals surface area contributed by atoms with Gasteiger partial charge in [0, 0.05) is 12.1 Å². The molecule has 0 aromatic rings. The lowest BCUT2D eigenvalue weighted by Crippen LogP contribution is -2.20. The SMILES string of the molecule is CCCCCCCC/C=C(/CCCCCCCC(N)=O)NC(=O)C=CCCCCCCCCCCCCCCC. The second-order valence-corrected chi connectivity index (χ2v) is 11.9. The van der Waals surface area contributed by atoms with Crippen molar-refractivity contribution < 1.29 is 9.59 Å². The van der Waals surface area contributed by atoms with Crippen molar-refractivity contribution in [2.45, 2.75) is 194 Å². The Bertz CT molecular complexity index is 626. The molecule has 40 heavy (non-hydrogen) atoms. The molecule has 0 aliphatic rings. The van der Waals surface area contributed by atoms with Crippen molar-refractivity contribution in [3.63, 3.8) is 0 Å². The third-order valence-electron chi connectivity index (χ3n) is 7.85. The number of hydrogen-bond acceptors (Lipinski definition) is 2. The zero-order valence-electron chi connectivity index (χ0n) is 26.9. The molecular weight excluding hydrogens is 492 g/mol. The lowest BCUT2D eigenvalue weighted by molar-refractivity contribution is -0.118. The summed E-state index contributed by atoms with van der Waals surface area (Å²) in [7, 11) is 0. The van der Waals surface area contributed by atoms with Gasteiger partial charge in [0.15, 0.2) is 0 Å². The van der Waals surface area contributed by atoms with Crippen LogP contribution in [0.5, 0.6) is 0 Å². The minimum absolute atomic E-state index is 0.0188. The molecule has 0 saturated heterocycles. The molecule has 4 nitrogen and oxygen atoms in total. The van der Waals surface area contributed by atoms with E-state index in [-0.39, 0.29) is 11.8 Å². The number of nitrogens with one attached hydrogen (secondary N) is 1. The minimum Gasteiger partial charge on any atom is -0.370 e. The molecule has 234 valence electrons. The van der Waals surface area contributed by atoms with Crippen LogP contribution in [-0.2, 0) is 9.59 Å². The second kappa shape index (κ2) is 31.9. The summed E-state index contributed by atoms with van der Waals surface area (Å²) >= 11 is 0. The summed E-state index contributed by atoms with van der Waals surface area (Å²) in [6.07, 6.45) is 40.3. The molecule has 0 fully saturated rings. The Hall–Kier alpha value is -1.58.